The lowest BCUT2D eigenvalue weighted by molar-refractivity contribution is -0.124. The van der Waals surface area contributed by atoms with Crippen LogP contribution in [0.3, 0.4) is 0 Å². The molecule has 1 amide bonds. The minimum absolute atomic E-state index is 0.0715. The topological polar surface area (TPSA) is 32.3 Å². The van der Waals surface area contributed by atoms with E-state index in [0.717, 1.165) is 6.54 Å². The van der Waals surface area contributed by atoms with Gasteiger partial charge in [0.15, 0.2) is 0 Å². The molecule has 0 spiro atoms. The Balaban J connectivity index is 2.34. The zero-order valence-corrected chi connectivity index (χ0v) is 9.14. The van der Waals surface area contributed by atoms with E-state index in [1.54, 1.807) is 13.8 Å². The fourth-order valence-electron chi connectivity index (χ4n) is 1.63. The number of carbonyl (C=O) groups is 1. The summed E-state index contributed by atoms with van der Waals surface area (Å²) in [6, 6.07) is 0. The molecule has 0 aromatic heterocycles. The zero-order chi connectivity index (χ0) is 10.8. The zero-order valence-electron chi connectivity index (χ0n) is 9.14. The Morgan fingerprint density at radius 2 is 2.29 bits per heavy atom. The molecule has 0 saturated carbocycles. The van der Waals surface area contributed by atoms with Gasteiger partial charge in [-0.25, -0.2) is 4.39 Å². The normalized spacial score (nSPS) is 28.4. The van der Waals surface area contributed by atoms with Gasteiger partial charge >= 0.3 is 0 Å². The highest BCUT2D eigenvalue weighted by molar-refractivity contribution is 5.77. The maximum absolute atomic E-state index is 13.9. The largest absolute Gasteiger partial charge is 0.353 e. The number of nitrogens with one attached hydrogen (secondary N) is 1. The van der Waals surface area contributed by atoms with Crippen molar-refractivity contribution in [2.45, 2.75) is 25.9 Å². The third-order valence-electron chi connectivity index (χ3n) is 2.60. The summed E-state index contributed by atoms with van der Waals surface area (Å²) in [5, 5.41) is 2.64. The molecule has 0 unspecified atom stereocenters. The average molecular weight is 202 g/mol. The van der Waals surface area contributed by atoms with E-state index in [-0.39, 0.29) is 18.4 Å². The maximum atomic E-state index is 13.9. The third-order valence-corrected chi connectivity index (χ3v) is 2.60. The number of hydrogen-bond donors (Lipinski definition) is 1. The summed E-state index contributed by atoms with van der Waals surface area (Å²) < 4.78 is 13.9. The van der Waals surface area contributed by atoms with Crippen molar-refractivity contribution in [1.29, 1.82) is 0 Å². The molecule has 3 nitrogen and oxygen atoms in total. The number of rotatable bonds is 3. The molecule has 1 atom stereocenters. The first kappa shape index (κ1) is 11.4. The van der Waals surface area contributed by atoms with Crippen molar-refractivity contribution in [2.24, 2.45) is 5.92 Å². The highest BCUT2D eigenvalue weighted by atomic mass is 19.1. The van der Waals surface area contributed by atoms with Gasteiger partial charge in [0, 0.05) is 19.0 Å². The standard InChI is InChI=1S/C10H19FN2O/c1-8(2)9(14)12-6-10(11)4-5-13(3)7-10/h8H,4-7H2,1-3H3,(H,12,14)/t10-/m1/s1. The summed E-state index contributed by atoms with van der Waals surface area (Å²) in [5.74, 6) is -0.144. The van der Waals surface area contributed by atoms with E-state index in [2.05, 4.69) is 5.32 Å². The molecule has 1 rings (SSSR count). The van der Waals surface area contributed by atoms with E-state index < -0.39 is 5.67 Å². The van der Waals surface area contributed by atoms with Crippen LogP contribution in [0.5, 0.6) is 0 Å². The van der Waals surface area contributed by atoms with Crippen LogP contribution in [-0.2, 0) is 4.79 Å². The summed E-state index contributed by atoms with van der Waals surface area (Å²) in [6.45, 7) is 4.95. The van der Waals surface area contributed by atoms with Crippen molar-refractivity contribution in [3.05, 3.63) is 0 Å². The third kappa shape index (κ3) is 2.94. The quantitative estimate of drug-likeness (QED) is 0.734. The predicted octanol–water partition coefficient (Wildman–Crippen LogP) is 0.802. The molecule has 1 N–H and O–H groups in total. The van der Waals surface area contributed by atoms with Gasteiger partial charge in [-0.1, -0.05) is 13.8 Å². The fourth-order valence-corrected chi connectivity index (χ4v) is 1.63. The molecule has 82 valence electrons. The molecular formula is C10H19FN2O. The second-order valence-corrected chi connectivity index (χ2v) is 4.51. The highest BCUT2D eigenvalue weighted by Gasteiger charge is 2.36. The average Bonchev–Trinajstić information content (AvgIpc) is 2.43. The number of carbonyl (C=O) groups excluding carboxylic acids is 1. The van der Waals surface area contributed by atoms with Crippen LogP contribution in [0.15, 0.2) is 0 Å². The maximum Gasteiger partial charge on any atom is 0.222 e. The van der Waals surface area contributed by atoms with Crippen molar-refractivity contribution in [1.82, 2.24) is 10.2 Å². The molecule has 1 fully saturated rings. The van der Waals surface area contributed by atoms with Crippen LogP contribution in [0.1, 0.15) is 20.3 Å². The van der Waals surface area contributed by atoms with Gasteiger partial charge < -0.3 is 10.2 Å². The Hall–Kier alpha value is -0.640. The lowest BCUT2D eigenvalue weighted by Gasteiger charge is -2.20. The first-order valence-electron chi connectivity index (χ1n) is 5.08. The Bertz CT molecular complexity index is 220. The van der Waals surface area contributed by atoms with E-state index in [0.29, 0.717) is 13.0 Å². The molecule has 0 radical (unpaired) electrons. The number of nitrogens with zero attached hydrogens (tertiary/aromatic N) is 1. The summed E-state index contributed by atoms with van der Waals surface area (Å²) in [5.41, 5.74) is -1.22. The van der Waals surface area contributed by atoms with E-state index in [1.165, 1.54) is 0 Å². The number of hydrogen-bond acceptors (Lipinski definition) is 2. The van der Waals surface area contributed by atoms with Crippen LogP contribution in [-0.4, -0.2) is 43.2 Å². The second-order valence-electron chi connectivity index (χ2n) is 4.51. The Labute approximate surface area is 84.7 Å². The van der Waals surface area contributed by atoms with Crippen molar-refractivity contribution in [3.8, 4) is 0 Å². The van der Waals surface area contributed by atoms with Crippen molar-refractivity contribution in [3.63, 3.8) is 0 Å². The Morgan fingerprint density at radius 3 is 2.71 bits per heavy atom. The van der Waals surface area contributed by atoms with Crippen LogP contribution in [0.25, 0.3) is 0 Å². The molecular weight excluding hydrogens is 183 g/mol. The Kier molecular flexibility index (Phi) is 3.48. The molecule has 0 aromatic carbocycles. The molecule has 1 saturated heterocycles. The molecule has 0 aliphatic carbocycles. The molecule has 0 aromatic rings. The van der Waals surface area contributed by atoms with Gasteiger partial charge in [-0.3, -0.25) is 4.79 Å². The highest BCUT2D eigenvalue weighted by Crippen LogP contribution is 2.23. The van der Waals surface area contributed by atoms with Gasteiger partial charge in [0.05, 0.1) is 6.54 Å². The van der Waals surface area contributed by atoms with Crippen molar-refractivity contribution >= 4 is 5.91 Å². The van der Waals surface area contributed by atoms with Crippen LogP contribution < -0.4 is 5.32 Å². The van der Waals surface area contributed by atoms with E-state index >= 15 is 0 Å². The summed E-state index contributed by atoms with van der Waals surface area (Å²) in [4.78, 5) is 13.2. The molecule has 1 heterocycles. The van der Waals surface area contributed by atoms with Crippen molar-refractivity contribution in [2.75, 3.05) is 26.7 Å². The summed E-state index contributed by atoms with van der Waals surface area (Å²) >= 11 is 0. The minimum Gasteiger partial charge on any atom is -0.353 e. The summed E-state index contributed by atoms with van der Waals surface area (Å²) in [6.07, 6.45) is 0.516. The van der Waals surface area contributed by atoms with Crippen LogP contribution >= 0.6 is 0 Å². The lowest BCUT2D eigenvalue weighted by Crippen LogP contribution is -2.42. The smallest absolute Gasteiger partial charge is 0.222 e. The van der Waals surface area contributed by atoms with Crippen molar-refractivity contribution < 1.29 is 9.18 Å². The second kappa shape index (κ2) is 4.26. The van der Waals surface area contributed by atoms with Gasteiger partial charge in [-0.05, 0) is 13.5 Å². The molecule has 0 bridgehead atoms. The van der Waals surface area contributed by atoms with Gasteiger partial charge in [-0.2, -0.15) is 0 Å². The first-order chi connectivity index (χ1) is 6.43. The van der Waals surface area contributed by atoms with Crippen LogP contribution in [0, 0.1) is 5.92 Å². The lowest BCUT2D eigenvalue weighted by atomic mass is 10.1. The Morgan fingerprint density at radius 1 is 1.64 bits per heavy atom. The summed E-state index contributed by atoms with van der Waals surface area (Å²) in [7, 11) is 1.89. The van der Waals surface area contributed by atoms with E-state index in [9.17, 15) is 9.18 Å². The van der Waals surface area contributed by atoms with Gasteiger partial charge in [-0.15, -0.1) is 0 Å². The molecule has 14 heavy (non-hydrogen) atoms. The number of alkyl halides is 1. The minimum atomic E-state index is -1.22. The monoisotopic (exact) mass is 202 g/mol. The first-order valence-corrected chi connectivity index (χ1v) is 5.08. The van der Waals surface area contributed by atoms with E-state index in [1.807, 2.05) is 11.9 Å². The number of halogens is 1. The van der Waals surface area contributed by atoms with Crippen LogP contribution in [0.4, 0.5) is 4.39 Å². The molecule has 1 aliphatic rings. The van der Waals surface area contributed by atoms with Gasteiger partial charge in [0.25, 0.3) is 0 Å². The van der Waals surface area contributed by atoms with E-state index in [4.69, 9.17) is 0 Å². The predicted molar refractivity (Wildman–Crippen MR) is 53.8 cm³/mol. The van der Waals surface area contributed by atoms with Gasteiger partial charge in [0.1, 0.15) is 5.67 Å². The van der Waals surface area contributed by atoms with Crippen LogP contribution in [0.2, 0.25) is 0 Å². The number of likely N-dealkylation sites (tertiary alicyclic amines) is 1. The molecule has 1 aliphatic heterocycles. The fraction of sp³-hybridized carbons (Fsp3) is 0.900. The number of amides is 1. The van der Waals surface area contributed by atoms with Gasteiger partial charge in [0.2, 0.25) is 5.91 Å². The molecule has 4 heteroatoms. The SMILES string of the molecule is CC(C)C(=O)NC[C@]1(F)CCN(C)C1.